The third-order valence-corrected chi connectivity index (χ3v) is 1.59. The van der Waals surface area contributed by atoms with Crippen LogP contribution in [0.4, 0.5) is 0 Å². The van der Waals surface area contributed by atoms with Crippen molar-refractivity contribution in [2.24, 2.45) is 0 Å². The van der Waals surface area contributed by atoms with Crippen molar-refractivity contribution in [2.45, 2.75) is 5.75 Å². The molecule has 0 atom stereocenters. The molecule has 1 aromatic rings. The van der Waals surface area contributed by atoms with Crippen molar-refractivity contribution in [1.29, 1.82) is 0 Å². The zero-order chi connectivity index (χ0) is 6.53. The third-order valence-electron chi connectivity index (χ3n) is 1.09. The first-order valence-corrected chi connectivity index (χ1v) is 3.84. The summed E-state index contributed by atoms with van der Waals surface area (Å²) in [5.74, 6) is 0.904. The largest absolute Gasteiger partial charge is 0.151 e. The molecule has 9 heavy (non-hydrogen) atoms. The van der Waals surface area contributed by atoms with Crippen molar-refractivity contribution in [3.8, 4) is 0 Å². The van der Waals surface area contributed by atoms with E-state index in [9.17, 15) is 0 Å². The van der Waals surface area contributed by atoms with Crippen molar-refractivity contribution in [3.63, 3.8) is 0 Å². The van der Waals surface area contributed by atoms with Gasteiger partial charge in [-0.1, -0.05) is 30.3 Å². The van der Waals surface area contributed by atoms with Crippen LogP contribution in [0.15, 0.2) is 30.3 Å². The first-order valence-electron chi connectivity index (χ1n) is 2.79. The molecule has 0 N–H and O–H groups in total. The van der Waals surface area contributed by atoms with Crippen LogP contribution in [0.25, 0.3) is 0 Å². The Morgan fingerprint density at radius 3 is 2.44 bits per heavy atom. The summed E-state index contributed by atoms with van der Waals surface area (Å²) < 4.78 is 0. The van der Waals surface area contributed by atoms with Crippen molar-refractivity contribution in [3.05, 3.63) is 42.2 Å². The minimum atomic E-state index is 0.904. The Morgan fingerprint density at radius 1 is 1.22 bits per heavy atom. The number of thioether (sulfide) groups is 1. The molecule has 1 heteroatoms. The quantitative estimate of drug-likeness (QED) is 0.602. The molecule has 1 aromatic carbocycles. The Hall–Kier alpha value is -0.430. The lowest BCUT2D eigenvalue weighted by atomic mass is 10.2. The van der Waals surface area contributed by atoms with Crippen molar-refractivity contribution in [2.75, 3.05) is 0 Å². The number of hydrogen-bond acceptors (Lipinski definition) is 1. The van der Waals surface area contributed by atoms with Gasteiger partial charge >= 0.3 is 0 Å². The molecular weight excluding hydrogens is 128 g/mol. The van der Waals surface area contributed by atoms with E-state index >= 15 is 0 Å². The molecule has 0 bridgehead atoms. The van der Waals surface area contributed by atoms with Crippen LogP contribution in [0.5, 0.6) is 0 Å². The predicted molar refractivity (Wildman–Crippen MR) is 42.0 cm³/mol. The highest BCUT2D eigenvalue weighted by molar-refractivity contribution is 7.99. The Balaban J connectivity index is 2.61. The van der Waals surface area contributed by atoms with Crippen LogP contribution >= 0.6 is 11.8 Å². The lowest BCUT2D eigenvalue weighted by Gasteiger charge is -1.93. The van der Waals surface area contributed by atoms with Gasteiger partial charge in [-0.3, -0.25) is 0 Å². The molecule has 0 fully saturated rings. The van der Waals surface area contributed by atoms with E-state index in [2.05, 4.69) is 12.1 Å². The van der Waals surface area contributed by atoms with Crippen LogP contribution in [-0.4, -0.2) is 0 Å². The molecule has 2 radical (unpaired) electrons. The van der Waals surface area contributed by atoms with Gasteiger partial charge in [0, 0.05) is 12.0 Å². The van der Waals surface area contributed by atoms with E-state index in [0.29, 0.717) is 0 Å². The molecule has 0 amide bonds. The van der Waals surface area contributed by atoms with Gasteiger partial charge in [-0.05, 0) is 5.56 Å². The maximum absolute atomic E-state index is 5.28. The van der Waals surface area contributed by atoms with Crippen molar-refractivity contribution >= 4 is 11.8 Å². The molecule has 0 unspecified atom stereocenters. The van der Waals surface area contributed by atoms with Crippen LogP contribution in [0.1, 0.15) is 5.56 Å². The van der Waals surface area contributed by atoms with Gasteiger partial charge in [0.05, 0.1) is 0 Å². The topological polar surface area (TPSA) is 0 Å². The van der Waals surface area contributed by atoms with Gasteiger partial charge in [0.1, 0.15) is 0 Å². The molecule has 46 valence electrons. The molecular formula is C8H8S. The fourth-order valence-electron chi connectivity index (χ4n) is 0.670. The molecule has 0 heterocycles. The normalized spacial score (nSPS) is 9.44. The van der Waals surface area contributed by atoms with E-state index in [1.165, 1.54) is 17.3 Å². The summed E-state index contributed by atoms with van der Waals surface area (Å²) in [6.45, 7) is 0. The van der Waals surface area contributed by atoms with Gasteiger partial charge in [-0.2, -0.15) is 11.8 Å². The van der Waals surface area contributed by atoms with Gasteiger partial charge in [0.25, 0.3) is 0 Å². The average molecular weight is 136 g/mol. The minimum Gasteiger partial charge on any atom is -0.151 e. The summed E-state index contributed by atoms with van der Waals surface area (Å²) in [5.41, 5.74) is 1.28. The summed E-state index contributed by atoms with van der Waals surface area (Å²) in [6, 6.07) is 10.2. The molecule has 0 saturated carbocycles. The van der Waals surface area contributed by atoms with E-state index in [1.807, 2.05) is 18.2 Å². The smallest absolute Gasteiger partial charge is 0.0311 e. The second-order valence-electron chi connectivity index (χ2n) is 1.80. The second-order valence-corrected chi connectivity index (χ2v) is 2.42. The lowest BCUT2D eigenvalue weighted by molar-refractivity contribution is 1.42. The zero-order valence-corrected chi connectivity index (χ0v) is 5.90. The van der Waals surface area contributed by atoms with Gasteiger partial charge in [0.15, 0.2) is 0 Å². The van der Waals surface area contributed by atoms with Crippen molar-refractivity contribution < 1.29 is 0 Å². The Kier molecular flexibility index (Phi) is 2.65. The second kappa shape index (κ2) is 3.57. The van der Waals surface area contributed by atoms with E-state index < -0.39 is 0 Å². The summed E-state index contributed by atoms with van der Waals surface area (Å²) in [6.07, 6.45) is 5.28. The lowest BCUT2D eigenvalue weighted by Crippen LogP contribution is -1.74. The van der Waals surface area contributed by atoms with Gasteiger partial charge in [-0.15, -0.1) is 0 Å². The average Bonchev–Trinajstić information content (AvgIpc) is 1.91. The Bertz CT molecular complexity index is 157. The molecule has 0 aliphatic carbocycles. The van der Waals surface area contributed by atoms with Gasteiger partial charge in [-0.25, -0.2) is 0 Å². The molecule has 0 nitrogen and oxygen atoms in total. The predicted octanol–water partition coefficient (Wildman–Crippen LogP) is 2.59. The fourth-order valence-corrected chi connectivity index (χ4v) is 1.06. The highest BCUT2D eigenvalue weighted by Crippen LogP contribution is 2.08. The van der Waals surface area contributed by atoms with Gasteiger partial charge < -0.3 is 0 Å². The molecule has 0 saturated heterocycles. The summed E-state index contributed by atoms with van der Waals surface area (Å²) in [5, 5.41) is 0. The minimum absolute atomic E-state index is 0.904. The number of benzene rings is 1. The van der Waals surface area contributed by atoms with Crippen LogP contribution in [0, 0.1) is 6.26 Å². The molecule has 0 aliphatic heterocycles. The highest BCUT2D eigenvalue weighted by atomic mass is 32.2. The van der Waals surface area contributed by atoms with E-state index in [1.54, 1.807) is 0 Å². The first kappa shape index (κ1) is 6.69. The maximum atomic E-state index is 5.28. The van der Waals surface area contributed by atoms with E-state index in [4.69, 9.17) is 6.26 Å². The zero-order valence-electron chi connectivity index (χ0n) is 5.08. The van der Waals surface area contributed by atoms with E-state index in [-0.39, 0.29) is 0 Å². The van der Waals surface area contributed by atoms with Crippen molar-refractivity contribution in [1.82, 2.24) is 0 Å². The summed E-state index contributed by atoms with van der Waals surface area (Å²) in [7, 11) is 0. The van der Waals surface area contributed by atoms with Gasteiger partial charge in [0.2, 0.25) is 0 Å². The Morgan fingerprint density at radius 2 is 1.89 bits per heavy atom. The van der Waals surface area contributed by atoms with Crippen LogP contribution < -0.4 is 0 Å². The molecule has 0 aromatic heterocycles. The summed E-state index contributed by atoms with van der Waals surface area (Å²) >= 11 is 1.35. The molecule has 1 rings (SSSR count). The molecule has 0 spiro atoms. The highest BCUT2D eigenvalue weighted by Gasteiger charge is 1.85. The van der Waals surface area contributed by atoms with Crippen LogP contribution in [-0.2, 0) is 5.75 Å². The SMILES string of the molecule is [CH]SCc1ccccc1. The van der Waals surface area contributed by atoms with E-state index in [0.717, 1.165) is 5.75 Å². The summed E-state index contributed by atoms with van der Waals surface area (Å²) in [4.78, 5) is 0. The number of rotatable bonds is 2. The standard InChI is InChI=1S/C8H8S/c1-9-7-8-5-3-2-4-6-8/h1-6H,7H2. The fraction of sp³-hybridized carbons (Fsp3) is 0.125. The maximum Gasteiger partial charge on any atom is 0.0311 e. The molecule has 0 aliphatic rings. The third kappa shape index (κ3) is 2.10. The first-order chi connectivity index (χ1) is 4.43. The monoisotopic (exact) mass is 136 g/mol. The van der Waals surface area contributed by atoms with Crippen LogP contribution in [0.2, 0.25) is 0 Å². The van der Waals surface area contributed by atoms with Crippen LogP contribution in [0.3, 0.4) is 0 Å². The Labute approximate surface area is 60.3 Å². The number of hydrogen-bond donors (Lipinski definition) is 0.